The molecule has 2 aliphatic heterocycles. The quantitative estimate of drug-likeness (QED) is 0.135. The second kappa shape index (κ2) is 24.0. The smallest absolute Gasteiger partial charge is 0.252 e. The van der Waals surface area contributed by atoms with Crippen molar-refractivity contribution in [1.82, 2.24) is 8.97 Å². The molecule has 20 aromatic rings. The highest BCUT2D eigenvalue weighted by Crippen LogP contribution is 2.55. The minimum atomic E-state index is -0.276. The summed E-state index contributed by atoms with van der Waals surface area (Å²) in [4.78, 5) is 5.40. The van der Waals surface area contributed by atoms with E-state index in [1.165, 1.54) is 87.4 Å². The first-order valence-corrected chi connectivity index (χ1v) is 38.6. The monoisotopic (exact) mass is 1410 g/mol. The van der Waals surface area contributed by atoms with Crippen molar-refractivity contribution in [3.05, 3.63) is 357 Å². The molecule has 0 bridgehead atoms. The lowest BCUT2D eigenvalue weighted by atomic mass is 9.33. The number of furan rings is 1. The maximum absolute atomic E-state index is 6.55. The molecule has 6 heterocycles. The Morgan fingerprint density at radius 3 is 1.23 bits per heavy atom. The topological polar surface area (TPSA) is 29.0 Å². The summed E-state index contributed by atoms with van der Waals surface area (Å²) in [6.45, 7) is 13.7. The third kappa shape index (κ3) is 9.68. The van der Waals surface area contributed by atoms with E-state index in [9.17, 15) is 0 Å². The zero-order chi connectivity index (χ0) is 73.4. The van der Waals surface area contributed by atoms with E-state index in [0.29, 0.717) is 0 Å². The van der Waals surface area contributed by atoms with Crippen LogP contribution in [0.5, 0.6) is 0 Å². The largest absolute Gasteiger partial charge is 0.456 e. The Bertz CT molecular complexity index is 6990. The lowest BCUT2D eigenvalue weighted by molar-refractivity contribution is 0.590. The van der Waals surface area contributed by atoms with Gasteiger partial charge in [-0.25, -0.2) is 0 Å². The van der Waals surface area contributed by atoms with Gasteiger partial charge in [-0.1, -0.05) is 296 Å². The summed E-state index contributed by atoms with van der Waals surface area (Å²) in [6, 6.07) is 131. The SMILES string of the molecule is CC(C)(C)c1ccc2c(c1)c1cc(C(C)(C)C)ccc1n2-c1ccc2c(c1)N(c1c(-c3ccccc3)cccc1-c1ccccc1)c1cc(-c3ccc4c(c3)c3cccc5c6ccccc6n4c53)cc3c1B2c1ccc(-c2ccc4oc5ccccc5c4c2)cc1N3c1c(-c2ccccc2)cccc1-c1ccccc1. The van der Waals surface area contributed by atoms with E-state index in [-0.39, 0.29) is 17.5 Å². The standard InChI is InChI=1S/C104H75BN4O/c1-103(2,3)72-47-53-90-84(61-72)85-62-73(104(4,5)6)48-54-91(85)106(90)74-49-51-88-94(63-74)109(101-77(66-30-15-9-16-31-66)38-24-39-78(101)67-32-17-10-18-33-67)96-60-71(69-45-52-92-83(56-69)82-41-25-40-81-79-34-19-21-42-89(79)107(92)102(81)82)59-95-99(96)105(88)87-50-44-70(68-46-55-98-86(57-68)80-35-20-22-43-97(80)110-98)58-93(87)108(95)100-75(64-26-11-7-12-27-64)36-23-37-76(100)65-28-13-8-14-29-65/h7-63H,1-6H3. The van der Waals surface area contributed by atoms with Gasteiger partial charge < -0.3 is 23.2 Å². The lowest BCUT2D eigenvalue weighted by Gasteiger charge is -2.46. The molecule has 0 N–H and O–H groups in total. The van der Waals surface area contributed by atoms with E-state index < -0.39 is 0 Å². The summed E-state index contributed by atoms with van der Waals surface area (Å²) < 4.78 is 11.6. The van der Waals surface area contributed by atoms with E-state index in [1.807, 2.05) is 0 Å². The van der Waals surface area contributed by atoms with Crippen LogP contribution in [0.25, 0.3) is 154 Å². The fourth-order valence-corrected chi connectivity index (χ4v) is 18.7. The highest BCUT2D eigenvalue weighted by atomic mass is 16.3. The van der Waals surface area contributed by atoms with E-state index in [4.69, 9.17) is 4.42 Å². The molecule has 6 heteroatoms. The van der Waals surface area contributed by atoms with Crippen molar-refractivity contribution in [3.8, 4) is 72.4 Å². The molecule has 0 atom stereocenters. The maximum Gasteiger partial charge on any atom is 0.252 e. The van der Waals surface area contributed by atoms with Crippen molar-refractivity contribution in [3.63, 3.8) is 0 Å². The summed E-state index contributed by atoms with van der Waals surface area (Å²) in [5.41, 5.74) is 35.1. The van der Waals surface area contributed by atoms with Crippen LogP contribution in [0.15, 0.2) is 350 Å². The highest BCUT2D eigenvalue weighted by molar-refractivity contribution is 7.00. The fourth-order valence-electron chi connectivity index (χ4n) is 18.7. The van der Waals surface area contributed by atoms with Crippen LogP contribution in [0.3, 0.4) is 0 Å². The summed E-state index contributed by atoms with van der Waals surface area (Å²) in [6.07, 6.45) is 0. The van der Waals surface area contributed by atoms with Gasteiger partial charge in [0.2, 0.25) is 0 Å². The molecule has 520 valence electrons. The van der Waals surface area contributed by atoms with Crippen LogP contribution in [0.2, 0.25) is 0 Å². The van der Waals surface area contributed by atoms with E-state index >= 15 is 0 Å². The van der Waals surface area contributed by atoms with Gasteiger partial charge in [-0.2, -0.15) is 0 Å². The second-order valence-corrected chi connectivity index (χ2v) is 32.3. The Balaban J connectivity index is 0.905. The van der Waals surface area contributed by atoms with Crippen LogP contribution in [0.1, 0.15) is 52.7 Å². The predicted molar refractivity (Wildman–Crippen MR) is 467 cm³/mol. The number of rotatable bonds is 9. The van der Waals surface area contributed by atoms with Gasteiger partial charge >= 0.3 is 0 Å². The average molecular weight is 1410 g/mol. The highest BCUT2D eigenvalue weighted by Gasteiger charge is 2.46. The van der Waals surface area contributed by atoms with Gasteiger partial charge in [-0.15, -0.1) is 0 Å². The van der Waals surface area contributed by atoms with Crippen LogP contribution >= 0.6 is 0 Å². The van der Waals surface area contributed by atoms with Crippen molar-refractivity contribution >= 4 is 139 Å². The molecule has 0 radical (unpaired) electrons. The zero-order valence-corrected chi connectivity index (χ0v) is 62.2. The number of benzene rings is 16. The van der Waals surface area contributed by atoms with Crippen molar-refractivity contribution in [1.29, 1.82) is 0 Å². The van der Waals surface area contributed by atoms with Gasteiger partial charge in [0, 0.05) is 93.8 Å². The van der Waals surface area contributed by atoms with Crippen LogP contribution in [0.4, 0.5) is 34.1 Å². The Labute approximate surface area is 639 Å². The molecule has 4 aromatic heterocycles. The lowest BCUT2D eigenvalue weighted by Crippen LogP contribution is -2.61. The van der Waals surface area contributed by atoms with Crippen LogP contribution in [0, 0.1) is 0 Å². The van der Waals surface area contributed by atoms with Crippen molar-refractivity contribution < 1.29 is 4.42 Å². The number of nitrogens with zero attached hydrogens (tertiary/aromatic N) is 4. The minimum absolute atomic E-state index is 0.0689. The van der Waals surface area contributed by atoms with Gasteiger partial charge in [0.15, 0.2) is 0 Å². The number of anilines is 6. The van der Waals surface area contributed by atoms with Crippen LogP contribution < -0.4 is 26.2 Å². The number of aromatic nitrogens is 2. The Morgan fingerprint density at radius 2 is 0.664 bits per heavy atom. The van der Waals surface area contributed by atoms with Gasteiger partial charge in [0.05, 0.1) is 39.0 Å². The molecular formula is C104H75BN4O. The molecule has 2 aliphatic rings. The molecule has 0 saturated heterocycles. The van der Waals surface area contributed by atoms with Gasteiger partial charge in [-0.05, 0) is 174 Å². The Hall–Kier alpha value is -13.4. The molecule has 0 unspecified atom stereocenters. The first-order chi connectivity index (χ1) is 53.8. The van der Waals surface area contributed by atoms with Gasteiger partial charge in [0.25, 0.3) is 6.71 Å². The van der Waals surface area contributed by atoms with Crippen LogP contribution in [-0.2, 0) is 10.8 Å². The molecule has 16 aromatic carbocycles. The summed E-state index contributed by atoms with van der Waals surface area (Å²) >= 11 is 0. The minimum Gasteiger partial charge on any atom is -0.456 e. The molecule has 0 fully saturated rings. The van der Waals surface area contributed by atoms with Crippen molar-refractivity contribution in [2.24, 2.45) is 0 Å². The third-order valence-electron chi connectivity index (χ3n) is 23.9. The summed E-state index contributed by atoms with van der Waals surface area (Å²) in [5.74, 6) is 0. The van der Waals surface area contributed by atoms with Gasteiger partial charge in [0.1, 0.15) is 11.2 Å². The third-order valence-corrected chi connectivity index (χ3v) is 23.9. The average Bonchev–Trinajstić information content (AvgIpc) is 0.743. The molecule has 22 rings (SSSR count). The van der Waals surface area contributed by atoms with E-state index in [0.717, 1.165) is 129 Å². The van der Waals surface area contributed by atoms with Crippen molar-refractivity contribution in [2.45, 2.75) is 52.4 Å². The normalized spacial score (nSPS) is 12.9. The number of para-hydroxylation sites is 5. The molecule has 0 amide bonds. The number of fused-ring (bicyclic) bond motifs is 16. The van der Waals surface area contributed by atoms with E-state index in [2.05, 4.69) is 406 Å². The zero-order valence-electron chi connectivity index (χ0n) is 62.2. The predicted octanol–water partition coefficient (Wildman–Crippen LogP) is 26.5. The number of hydrogen-bond donors (Lipinski definition) is 0. The second-order valence-electron chi connectivity index (χ2n) is 32.3. The first-order valence-electron chi connectivity index (χ1n) is 38.6. The molecule has 0 aliphatic carbocycles. The van der Waals surface area contributed by atoms with Crippen LogP contribution in [-0.4, -0.2) is 15.7 Å². The van der Waals surface area contributed by atoms with E-state index in [1.54, 1.807) is 0 Å². The van der Waals surface area contributed by atoms with Crippen molar-refractivity contribution in [2.75, 3.05) is 9.80 Å². The molecule has 5 nitrogen and oxygen atoms in total. The number of hydrogen-bond acceptors (Lipinski definition) is 3. The molecule has 110 heavy (non-hydrogen) atoms. The molecular weight excluding hydrogens is 1330 g/mol. The summed E-state index contributed by atoms with van der Waals surface area (Å²) in [7, 11) is 0. The summed E-state index contributed by atoms with van der Waals surface area (Å²) in [5, 5.41) is 9.69. The molecule has 0 spiro atoms. The Morgan fingerprint density at radius 1 is 0.264 bits per heavy atom. The van der Waals surface area contributed by atoms with Gasteiger partial charge in [-0.3, -0.25) is 0 Å². The Kier molecular flexibility index (Phi) is 14.0. The first kappa shape index (κ1) is 63.8. The fraction of sp³-hybridized carbons (Fsp3) is 0.0769. The maximum atomic E-state index is 6.55. The molecule has 0 saturated carbocycles.